The van der Waals surface area contributed by atoms with Crippen LogP contribution in [0.25, 0.3) is 0 Å². The SMILES string of the molecule is CNCCCCCNC(=O)c1cccc(C)c1O. The maximum absolute atomic E-state index is 11.8. The number of hydrogen-bond acceptors (Lipinski definition) is 3. The molecule has 1 rings (SSSR count). The third kappa shape index (κ3) is 4.37. The quantitative estimate of drug-likeness (QED) is 0.647. The van der Waals surface area contributed by atoms with Crippen LogP contribution in [0.4, 0.5) is 0 Å². The van der Waals surface area contributed by atoms with E-state index in [9.17, 15) is 9.90 Å². The first kappa shape index (κ1) is 14.5. The van der Waals surface area contributed by atoms with Gasteiger partial charge in [-0.15, -0.1) is 0 Å². The van der Waals surface area contributed by atoms with Gasteiger partial charge in [0.05, 0.1) is 5.56 Å². The summed E-state index contributed by atoms with van der Waals surface area (Å²) in [4.78, 5) is 11.8. The van der Waals surface area contributed by atoms with Crippen molar-refractivity contribution in [3.8, 4) is 5.75 Å². The maximum Gasteiger partial charge on any atom is 0.255 e. The van der Waals surface area contributed by atoms with Crippen LogP contribution in [0, 0.1) is 6.92 Å². The van der Waals surface area contributed by atoms with Crippen molar-refractivity contribution in [1.82, 2.24) is 10.6 Å². The number of phenols is 1. The van der Waals surface area contributed by atoms with E-state index in [0.29, 0.717) is 12.1 Å². The number of amides is 1. The van der Waals surface area contributed by atoms with Gasteiger partial charge in [-0.05, 0) is 45.0 Å². The highest BCUT2D eigenvalue weighted by Gasteiger charge is 2.11. The van der Waals surface area contributed by atoms with Gasteiger partial charge in [0.2, 0.25) is 0 Å². The zero-order valence-corrected chi connectivity index (χ0v) is 11.1. The van der Waals surface area contributed by atoms with Crippen LogP contribution in [0.5, 0.6) is 5.75 Å². The predicted octanol–water partition coefficient (Wildman–Crippen LogP) is 1.82. The molecule has 0 fully saturated rings. The zero-order valence-electron chi connectivity index (χ0n) is 11.1. The largest absolute Gasteiger partial charge is 0.507 e. The van der Waals surface area contributed by atoms with E-state index in [0.717, 1.165) is 31.4 Å². The van der Waals surface area contributed by atoms with Gasteiger partial charge >= 0.3 is 0 Å². The van der Waals surface area contributed by atoms with Crippen molar-refractivity contribution in [2.75, 3.05) is 20.1 Å². The van der Waals surface area contributed by atoms with Gasteiger partial charge in [0.15, 0.2) is 0 Å². The molecule has 4 nitrogen and oxygen atoms in total. The molecule has 0 aliphatic rings. The van der Waals surface area contributed by atoms with Gasteiger partial charge in [-0.3, -0.25) is 4.79 Å². The molecule has 0 saturated carbocycles. The third-order valence-corrected chi connectivity index (χ3v) is 2.87. The highest BCUT2D eigenvalue weighted by atomic mass is 16.3. The Labute approximate surface area is 108 Å². The minimum atomic E-state index is -0.204. The number of nitrogens with one attached hydrogen (secondary N) is 2. The Morgan fingerprint density at radius 1 is 1.22 bits per heavy atom. The standard InChI is InChI=1S/C14H22N2O2/c1-11-7-6-8-12(13(11)17)14(18)16-10-5-3-4-9-15-2/h6-8,15,17H,3-5,9-10H2,1-2H3,(H,16,18). The third-order valence-electron chi connectivity index (χ3n) is 2.87. The summed E-state index contributed by atoms with van der Waals surface area (Å²) in [6.07, 6.45) is 3.16. The van der Waals surface area contributed by atoms with Crippen LogP contribution in [0.1, 0.15) is 35.2 Å². The van der Waals surface area contributed by atoms with Crippen molar-refractivity contribution in [1.29, 1.82) is 0 Å². The van der Waals surface area contributed by atoms with Gasteiger partial charge in [0.1, 0.15) is 5.75 Å². The molecule has 0 aromatic heterocycles. The van der Waals surface area contributed by atoms with Crippen molar-refractivity contribution in [3.05, 3.63) is 29.3 Å². The van der Waals surface area contributed by atoms with E-state index in [1.165, 1.54) is 0 Å². The van der Waals surface area contributed by atoms with Crippen molar-refractivity contribution in [3.63, 3.8) is 0 Å². The predicted molar refractivity (Wildman–Crippen MR) is 73.0 cm³/mol. The molecule has 3 N–H and O–H groups in total. The zero-order chi connectivity index (χ0) is 13.4. The van der Waals surface area contributed by atoms with Gasteiger partial charge in [0, 0.05) is 6.54 Å². The van der Waals surface area contributed by atoms with Gasteiger partial charge in [-0.1, -0.05) is 18.6 Å². The number of carbonyl (C=O) groups excluding carboxylic acids is 1. The van der Waals surface area contributed by atoms with Gasteiger partial charge < -0.3 is 15.7 Å². The molecule has 1 aromatic rings. The topological polar surface area (TPSA) is 61.4 Å². The van der Waals surface area contributed by atoms with E-state index in [-0.39, 0.29) is 11.7 Å². The number of para-hydroxylation sites is 1. The average Bonchev–Trinajstić information content (AvgIpc) is 2.36. The van der Waals surface area contributed by atoms with Crippen molar-refractivity contribution in [2.24, 2.45) is 0 Å². The van der Waals surface area contributed by atoms with Crippen molar-refractivity contribution < 1.29 is 9.90 Å². The van der Waals surface area contributed by atoms with Crippen molar-refractivity contribution in [2.45, 2.75) is 26.2 Å². The normalized spacial score (nSPS) is 10.3. The van der Waals surface area contributed by atoms with Crippen LogP contribution in [-0.4, -0.2) is 31.2 Å². The Balaban J connectivity index is 2.35. The fraction of sp³-hybridized carbons (Fsp3) is 0.500. The van der Waals surface area contributed by atoms with Crippen molar-refractivity contribution >= 4 is 5.91 Å². The molecule has 0 unspecified atom stereocenters. The van der Waals surface area contributed by atoms with Crippen LogP contribution >= 0.6 is 0 Å². The summed E-state index contributed by atoms with van der Waals surface area (Å²) in [6.45, 7) is 3.44. The summed E-state index contributed by atoms with van der Waals surface area (Å²) in [5, 5.41) is 15.7. The fourth-order valence-corrected chi connectivity index (χ4v) is 1.74. The molecular formula is C14H22N2O2. The van der Waals surface area contributed by atoms with Crippen LogP contribution in [0.15, 0.2) is 18.2 Å². The van der Waals surface area contributed by atoms with Crippen LogP contribution in [0.3, 0.4) is 0 Å². The summed E-state index contributed by atoms with van der Waals surface area (Å²) in [5.41, 5.74) is 1.07. The number of unbranched alkanes of at least 4 members (excludes halogenated alkanes) is 2. The van der Waals surface area contributed by atoms with E-state index >= 15 is 0 Å². The number of carbonyl (C=O) groups is 1. The second kappa shape index (κ2) is 7.71. The lowest BCUT2D eigenvalue weighted by molar-refractivity contribution is 0.0950. The molecule has 4 heteroatoms. The fourth-order valence-electron chi connectivity index (χ4n) is 1.74. The van der Waals surface area contributed by atoms with E-state index in [1.54, 1.807) is 25.1 Å². The summed E-state index contributed by atoms with van der Waals surface area (Å²) in [5.74, 6) is -0.130. The maximum atomic E-state index is 11.8. The average molecular weight is 250 g/mol. The lowest BCUT2D eigenvalue weighted by Gasteiger charge is -2.08. The molecule has 1 aromatic carbocycles. The monoisotopic (exact) mass is 250 g/mol. The first-order valence-electron chi connectivity index (χ1n) is 6.38. The molecular weight excluding hydrogens is 228 g/mol. The Bertz CT molecular complexity index is 391. The molecule has 0 spiro atoms. The number of hydrogen-bond donors (Lipinski definition) is 3. The summed E-state index contributed by atoms with van der Waals surface area (Å²) in [7, 11) is 1.93. The molecule has 0 radical (unpaired) electrons. The Morgan fingerprint density at radius 3 is 2.67 bits per heavy atom. The van der Waals surface area contributed by atoms with Crippen LogP contribution in [0.2, 0.25) is 0 Å². The first-order valence-corrected chi connectivity index (χ1v) is 6.38. The first-order chi connectivity index (χ1) is 8.66. The van der Waals surface area contributed by atoms with E-state index in [4.69, 9.17) is 0 Å². The van der Waals surface area contributed by atoms with Gasteiger partial charge in [-0.25, -0.2) is 0 Å². The van der Waals surface area contributed by atoms with E-state index in [1.807, 2.05) is 7.05 Å². The molecule has 0 aliphatic carbocycles. The highest BCUT2D eigenvalue weighted by molar-refractivity contribution is 5.97. The number of phenolic OH excluding ortho intramolecular Hbond substituents is 1. The minimum Gasteiger partial charge on any atom is -0.507 e. The van der Waals surface area contributed by atoms with Crippen LogP contribution < -0.4 is 10.6 Å². The Hall–Kier alpha value is -1.55. The van der Waals surface area contributed by atoms with Crippen LogP contribution in [-0.2, 0) is 0 Å². The minimum absolute atomic E-state index is 0.0742. The molecule has 0 bridgehead atoms. The Kier molecular flexibility index (Phi) is 6.22. The summed E-state index contributed by atoms with van der Waals surface area (Å²) >= 11 is 0. The smallest absolute Gasteiger partial charge is 0.255 e. The number of aryl methyl sites for hydroxylation is 1. The lowest BCUT2D eigenvalue weighted by Crippen LogP contribution is -2.24. The highest BCUT2D eigenvalue weighted by Crippen LogP contribution is 2.20. The lowest BCUT2D eigenvalue weighted by atomic mass is 10.1. The number of aromatic hydroxyl groups is 1. The molecule has 100 valence electrons. The number of benzene rings is 1. The summed E-state index contributed by atoms with van der Waals surface area (Å²) in [6, 6.07) is 5.19. The van der Waals surface area contributed by atoms with Gasteiger partial charge in [-0.2, -0.15) is 0 Å². The molecule has 0 saturated heterocycles. The summed E-state index contributed by atoms with van der Waals surface area (Å²) < 4.78 is 0. The second-order valence-electron chi connectivity index (χ2n) is 4.39. The van der Waals surface area contributed by atoms with E-state index < -0.39 is 0 Å². The molecule has 0 aliphatic heterocycles. The molecule has 0 atom stereocenters. The molecule has 18 heavy (non-hydrogen) atoms. The molecule has 1 amide bonds. The van der Waals surface area contributed by atoms with Gasteiger partial charge in [0.25, 0.3) is 5.91 Å². The number of rotatable bonds is 7. The second-order valence-corrected chi connectivity index (χ2v) is 4.39. The molecule has 0 heterocycles. The Morgan fingerprint density at radius 2 is 1.94 bits per heavy atom. The van der Waals surface area contributed by atoms with E-state index in [2.05, 4.69) is 10.6 Å².